The van der Waals surface area contributed by atoms with Gasteiger partial charge >= 0.3 is 0 Å². The first kappa shape index (κ1) is 18.9. The lowest BCUT2D eigenvalue weighted by Gasteiger charge is -2.19. The molecule has 4 nitrogen and oxygen atoms in total. The first-order chi connectivity index (χ1) is 13.0. The number of aryl methyl sites for hydroxylation is 1. The van der Waals surface area contributed by atoms with Gasteiger partial charge in [0.2, 0.25) is 0 Å². The highest BCUT2D eigenvalue weighted by molar-refractivity contribution is 6.31. The number of rotatable bonds is 4. The fourth-order valence-electron chi connectivity index (χ4n) is 3.11. The van der Waals surface area contributed by atoms with Gasteiger partial charge in [-0.3, -0.25) is 4.79 Å². The van der Waals surface area contributed by atoms with Gasteiger partial charge in [0.15, 0.2) is 0 Å². The average molecular weight is 384 g/mol. The highest BCUT2D eigenvalue weighted by Gasteiger charge is 2.18. The molecule has 1 fully saturated rings. The van der Waals surface area contributed by atoms with Crippen LogP contribution in [0, 0.1) is 24.1 Å². The lowest BCUT2D eigenvalue weighted by atomic mass is 10.0. The van der Waals surface area contributed by atoms with Crippen LogP contribution in [0.5, 0.6) is 0 Å². The minimum atomic E-state index is -0.566. The average Bonchev–Trinajstić information content (AvgIpc) is 3.16. The minimum absolute atomic E-state index is 0.105. The van der Waals surface area contributed by atoms with Gasteiger partial charge in [-0.2, -0.15) is 5.26 Å². The number of carbonyl (C=O) groups is 1. The number of halogens is 2. The van der Waals surface area contributed by atoms with E-state index in [0.29, 0.717) is 22.0 Å². The van der Waals surface area contributed by atoms with Crippen LogP contribution in [-0.2, 0) is 4.79 Å². The van der Waals surface area contributed by atoms with Gasteiger partial charge in [-0.1, -0.05) is 17.7 Å². The van der Waals surface area contributed by atoms with E-state index in [-0.39, 0.29) is 11.4 Å². The lowest BCUT2D eigenvalue weighted by Crippen LogP contribution is -2.19. The summed E-state index contributed by atoms with van der Waals surface area (Å²) in [5, 5.41) is 12.5. The molecule has 6 heteroatoms. The minimum Gasteiger partial charge on any atom is -0.369 e. The summed E-state index contributed by atoms with van der Waals surface area (Å²) in [6, 6.07) is 11.7. The van der Waals surface area contributed by atoms with E-state index in [0.717, 1.165) is 31.5 Å². The zero-order valence-corrected chi connectivity index (χ0v) is 15.7. The highest BCUT2D eigenvalue weighted by atomic mass is 35.5. The third kappa shape index (κ3) is 4.47. The predicted octanol–water partition coefficient (Wildman–Crippen LogP) is 4.93. The van der Waals surface area contributed by atoms with Gasteiger partial charge in [-0.05, 0) is 67.3 Å². The molecule has 27 heavy (non-hydrogen) atoms. The summed E-state index contributed by atoms with van der Waals surface area (Å²) in [5.74, 6) is -0.913. The monoisotopic (exact) mass is 383 g/mol. The summed E-state index contributed by atoms with van der Waals surface area (Å²) in [4.78, 5) is 14.4. The van der Waals surface area contributed by atoms with Gasteiger partial charge in [-0.15, -0.1) is 0 Å². The fraction of sp³-hybridized carbons (Fsp3) is 0.238. The highest BCUT2D eigenvalue weighted by Crippen LogP contribution is 2.28. The molecule has 0 aromatic heterocycles. The quantitative estimate of drug-likeness (QED) is 0.601. The Kier molecular flexibility index (Phi) is 5.78. The Morgan fingerprint density at radius 2 is 2.04 bits per heavy atom. The maximum atomic E-state index is 14.6. The Morgan fingerprint density at radius 1 is 1.30 bits per heavy atom. The summed E-state index contributed by atoms with van der Waals surface area (Å²) >= 11 is 5.90. The summed E-state index contributed by atoms with van der Waals surface area (Å²) in [6.45, 7) is 3.53. The molecule has 1 saturated heterocycles. The van der Waals surface area contributed by atoms with E-state index >= 15 is 0 Å². The summed E-state index contributed by atoms with van der Waals surface area (Å²) in [7, 11) is 0. The van der Waals surface area contributed by atoms with Gasteiger partial charge in [0.05, 0.1) is 5.69 Å². The molecule has 0 atom stereocenters. The largest absolute Gasteiger partial charge is 0.369 e. The van der Waals surface area contributed by atoms with Crippen LogP contribution >= 0.6 is 11.6 Å². The number of anilines is 2. The molecule has 1 N–H and O–H groups in total. The molecule has 0 spiro atoms. The Balaban J connectivity index is 1.85. The number of hydrogen-bond acceptors (Lipinski definition) is 3. The van der Waals surface area contributed by atoms with Crippen LogP contribution in [0.15, 0.2) is 42.0 Å². The molecule has 1 amide bonds. The molecular weight excluding hydrogens is 365 g/mol. The van der Waals surface area contributed by atoms with Crippen molar-refractivity contribution in [1.82, 2.24) is 0 Å². The van der Waals surface area contributed by atoms with Crippen LogP contribution in [0.3, 0.4) is 0 Å². The van der Waals surface area contributed by atoms with Crippen molar-refractivity contribution in [2.75, 3.05) is 23.3 Å². The van der Waals surface area contributed by atoms with E-state index in [1.807, 2.05) is 17.9 Å². The predicted molar refractivity (Wildman–Crippen MR) is 106 cm³/mol. The molecule has 1 aliphatic heterocycles. The standard InChI is InChI=1S/C21H19ClFN3O/c1-14-9-20(26-7-2-3-8-26)19(23)11-15(14)10-16(13-24)21(27)25-18-6-4-5-17(22)12-18/h4-6,9-12H,2-3,7-8H2,1H3,(H,25,27). The van der Waals surface area contributed by atoms with E-state index in [1.165, 1.54) is 12.1 Å². The molecule has 1 heterocycles. The number of nitrogens with zero attached hydrogens (tertiary/aromatic N) is 2. The van der Waals surface area contributed by atoms with E-state index in [9.17, 15) is 14.4 Å². The summed E-state index contributed by atoms with van der Waals surface area (Å²) in [6.07, 6.45) is 3.52. The van der Waals surface area contributed by atoms with E-state index < -0.39 is 5.91 Å². The second-order valence-electron chi connectivity index (χ2n) is 6.49. The summed E-state index contributed by atoms with van der Waals surface area (Å²) in [5.41, 5.74) is 2.27. The number of nitrogens with one attached hydrogen (secondary N) is 1. The maximum Gasteiger partial charge on any atom is 0.266 e. The van der Waals surface area contributed by atoms with E-state index in [4.69, 9.17) is 11.6 Å². The number of amides is 1. The third-order valence-corrected chi connectivity index (χ3v) is 4.76. The second-order valence-corrected chi connectivity index (χ2v) is 6.93. The van der Waals surface area contributed by atoms with Crippen molar-refractivity contribution in [3.63, 3.8) is 0 Å². The van der Waals surface area contributed by atoms with Crippen LogP contribution in [0.4, 0.5) is 15.8 Å². The Hall–Kier alpha value is -2.84. The van der Waals surface area contributed by atoms with Crippen LogP contribution in [-0.4, -0.2) is 19.0 Å². The van der Waals surface area contributed by atoms with Crippen molar-refractivity contribution in [2.45, 2.75) is 19.8 Å². The molecule has 3 rings (SSSR count). The van der Waals surface area contributed by atoms with Crippen molar-refractivity contribution >= 4 is 35.0 Å². The van der Waals surface area contributed by atoms with Gasteiger partial charge in [-0.25, -0.2) is 4.39 Å². The first-order valence-corrected chi connectivity index (χ1v) is 9.09. The van der Waals surface area contributed by atoms with E-state index in [2.05, 4.69) is 5.32 Å². The Labute approximate surface area is 162 Å². The Bertz CT molecular complexity index is 943. The van der Waals surface area contributed by atoms with Crippen molar-refractivity contribution in [2.24, 2.45) is 0 Å². The maximum absolute atomic E-state index is 14.6. The number of benzene rings is 2. The van der Waals surface area contributed by atoms with Crippen molar-refractivity contribution in [1.29, 1.82) is 5.26 Å². The van der Waals surface area contributed by atoms with Gasteiger partial charge in [0, 0.05) is 23.8 Å². The van der Waals surface area contributed by atoms with Crippen molar-refractivity contribution < 1.29 is 9.18 Å². The molecule has 0 radical (unpaired) electrons. The van der Waals surface area contributed by atoms with Crippen LogP contribution in [0.1, 0.15) is 24.0 Å². The zero-order valence-electron chi connectivity index (χ0n) is 14.9. The van der Waals surface area contributed by atoms with Crippen LogP contribution in [0.2, 0.25) is 5.02 Å². The molecule has 0 unspecified atom stereocenters. The smallest absolute Gasteiger partial charge is 0.266 e. The van der Waals surface area contributed by atoms with Crippen molar-refractivity contribution in [3.8, 4) is 6.07 Å². The van der Waals surface area contributed by atoms with E-state index in [1.54, 1.807) is 30.3 Å². The van der Waals surface area contributed by atoms with Gasteiger partial charge in [0.1, 0.15) is 17.5 Å². The second kappa shape index (κ2) is 8.24. The molecule has 0 saturated carbocycles. The molecule has 0 bridgehead atoms. The molecule has 1 aliphatic rings. The van der Waals surface area contributed by atoms with Crippen molar-refractivity contribution in [3.05, 3.63) is 63.9 Å². The van der Waals surface area contributed by atoms with Crippen LogP contribution in [0.25, 0.3) is 6.08 Å². The molecular formula is C21H19ClFN3O. The van der Waals surface area contributed by atoms with Crippen LogP contribution < -0.4 is 10.2 Å². The topological polar surface area (TPSA) is 56.1 Å². The normalized spacial score (nSPS) is 14.1. The van der Waals surface area contributed by atoms with Gasteiger partial charge < -0.3 is 10.2 Å². The Morgan fingerprint density at radius 3 is 2.70 bits per heavy atom. The van der Waals surface area contributed by atoms with Gasteiger partial charge in [0.25, 0.3) is 5.91 Å². The number of hydrogen-bond donors (Lipinski definition) is 1. The summed E-state index contributed by atoms with van der Waals surface area (Å²) < 4.78 is 14.6. The number of nitriles is 1. The molecule has 0 aliphatic carbocycles. The molecule has 138 valence electrons. The first-order valence-electron chi connectivity index (χ1n) is 8.72. The molecule has 2 aromatic rings. The zero-order chi connectivity index (χ0) is 19.4. The number of carbonyl (C=O) groups excluding carboxylic acids is 1. The fourth-order valence-corrected chi connectivity index (χ4v) is 3.30. The third-order valence-electron chi connectivity index (χ3n) is 4.53. The molecule has 2 aromatic carbocycles. The SMILES string of the molecule is Cc1cc(N2CCCC2)c(F)cc1C=C(C#N)C(=O)Nc1cccc(Cl)c1. The lowest BCUT2D eigenvalue weighted by molar-refractivity contribution is -0.112.